The third kappa shape index (κ3) is 5.19. The number of fused-ring (bicyclic) bond motifs is 1. The van der Waals surface area contributed by atoms with Crippen molar-refractivity contribution in [2.24, 2.45) is 0 Å². The molecule has 1 aromatic carbocycles. The number of benzene rings is 1. The van der Waals surface area contributed by atoms with Gasteiger partial charge in [0.25, 0.3) is 0 Å². The molecule has 0 saturated heterocycles. The summed E-state index contributed by atoms with van der Waals surface area (Å²) in [6.07, 6.45) is 2.16. The molecule has 1 aromatic rings. The maximum Gasteiger partial charge on any atom is 0.231 e. The molecular weight excluding hydrogens is 270 g/mol. The normalized spacial score (nSPS) is 14.4. The molecule has 2 rings (SSSR count). The Morgan fingerprint density at radius 1 is 1.14 bits per heavy atom. The van der Waals surface area contributed by atoms with Crippen LogP contribution >= 0.6 is 0 Å². The molecule has 1 N–H and O–H groups in total. The molecule has 0 saturated carbocycles. The molecule has 1 aliphatic heterocycles. The number of rotatable bonds is 10. The summed E-state index contributed by atoms with van der Waals surface area (Å²) >= 11 is 0. The van der Waals surface area contributed by atoms with Gasteiger partial charge in [-0.05, 0) is 44.0 Å². The van der Waals surface area contributed by atoms with Gasteiger partial charge < -0.3 is 24.3 Å². The van der Waals surface area contributed by atoms with E-state index in [0.29, 0.717) is 26.0 Å². The van der Waals surface area contributed by atoms with Crippen molar-refractivity contribution in [3.8, 4) is 11.5 Å². The van der Waals surface area contributed by atoms with Crippen molar-refractivity contribution < 1.29 is 18.9 Å². The van der Waals surface area contributed by atoms with Crippen molar-refractivity contribution in [2.45, 2.75) is 25.8 Å². The summed E-state index contributed by atoms with van der Waals surface area (Å²) in [5, 5.41) is 3.52. The maximum atomic E-state index is 5.43. The maximum absolute atomic E-state index is 5.43. The summed E-state index contributed by atoms with van der Waals surface area (Å²) in [6.45, 7) is 5.60. The summed E-state index contributed by atoms with van der Waals surface area (Å²) in [4.78, 5) is 0. The molecular formula is C16H25NO4. The van der Waals surface area contributed by atoms with Gasteiger partial charge in [0.1, 0.15) is 0 Å². The first kappa shape index (κ1) is 16.1. The van der Waals surface area contributed by atoms with Crippen LogP contribution in [-0.4, -0.2) is 40.3 Å². The van der Waals surface area contributed by atoms with E-state index < -0.39 is 0 Å². The zero-order chi connectivity index (χ0) is 14.9. The highest BCUT2D eigenvalue weighted by molar-refractivity contribution is 5.45. The second-order valence-electron chi connectivity index (χ2n) is 5.10. The van der Waals surface area contributed by atoms with Crippen molar-refractivity contribution in [3.63, 3.8) is 0 Å². The second kappa shape index (κ2) is 8.87. The van der Waals surface area contributed by atoms with Crippen LogP contribution in [0.1, 0.15) is 31.4 Å². The molecule has 0 amide bonds. The van der Waals surface area contributed by atoms with Crippen molar-refractivity contribution in [1.29, 1.82) is 0 Å². The number of nitrogens with one attached hydrogen (secondary N) is 1. The molecule has 21 heavy (non-hydrogen) atoms. The first-order valence-electron chi connectivity index (χ1n) is 7.51. The van der Waals surface area contributed by atoms with Crippen LogP contribution in [0.3, 0.4) is 0 Å². The number of ether oxygens (including phenoxy) is 4. The minimum atomic E-state index is 0.300. The van der Waals surface area contributed by atoms with E-state index in [1.807, 2.05) is 12.1 Å². The van der Waals surface area contributed by atoms with Crippen LogP contribution in [0.15, 0.2) is 18.2 Å². The van der Waals surface area contributed by atoms with Crippen LogP contribution in [0, 0.1) is 0 Å². The Balaban J connectivity index is 1.60. The van der Waals surface area contributed by atoms with Crippen LogP contribution in [0.25, 0.3) is 0 Å². The van der Waals surface area contributed by atoms with E-state index in [1.54, 1.807) is 7.11 Å². The quantitative estimate of drug-likeness (QED) is 0.672. The Morgan fingerprint density at radius 3 is 2.86 bits per heavy atom. The number of hydrogen-bond acceptors (Lipinski definition) is 5. The van der Waals surface area contributed by atoms with Gasteiger partial charge in [-0.15, -0.1) is 0 Å². The summed E-state index contributed by atoms with van der Waals surface area (Å²) < 4.78 is 21.1. The zero-order valence-electron chi connectivity index (χ0n) is 12.9. The van der Waals surface area contributed by atoms with Crippen LogP contribution in [0.2, 0.25) is 0 Å². The smallest absolute Gasteiger partial charge is 0.231 e. The van der Waals surface area contributed by atoms with Gasteiger partial charge in [-0.2, -0.15) is 0 Å². The molecule has 1 atom stereocenters. The predicted octanol–water partition coefficient (Wildman–Crippen LogP) is 2.51. The standard InChI is InChI=1S/C16H25NO4/c1-13(17-7-3-4-8-19-10-9-18-2)14-5-6-15-16(11-14)21-12-20-15/h5-6,11,13,17H,3-4,7-10,12H2,1-2H3. The molecule has 1 aliphatic rings. The van der Waals surface area contributed by atoms with Gasteiger partial charge in [-0.1, -0.05) is 6.07 Å². The highest BCUT2D eigenvalue weighted by atomic mass is 16.7. The Morgan fingerprint density at radius 2 is 2.00 bits per heavy atom. The van der Waals surface area contributed by atoms with Crippen LogP contribution < -0.4 is 14.8 Å². The molecule has 0 fully saturated rings. The van der Waals surface area contributed by atoms with E-state index in [2.05, 4.69) is 18.3 Å². The topological polar surface area (TPSA) is 49.0 Å². The minimum Gasteiger partial charge on any atom is -0.454 e. The van der Waals surface area contributed by atoms with Crippen molar-refractivity contribution >= 4 is 0 Å². The monoisotopic (exact) mass is 295 g/mol. The summed E-state index contributed by atoms with van der Waals surface area (Å²) in [5.74, 6) is 1.67. The highest BCUT2D eigenvalue weighted by Gasteiger charge is 2.15. The number of unbranched alkanes of at least 4 members (excludes halogenated alkanes) is 1. The predicted molar refractivity (Wildman–Crippen MR) is 80.9 cm³/mol. The molecule has 118 valence electrons. The highest BCUT2D eigenvalue weighted by Crippen LogP contribution is 2.34. The van der Waals surface area contributed by atoms with Crippen molar-refractivity contribution in [3.05, 3.63) is 23.8 Å². The first-order valence-corrected chi connectivity index (χ1v) is 7.51. The lowest BCUT2D eigenvalue weighted by Gasteiger charge is -2.14. The fraction of sp³-hybridized carbons (Fsp3) is 0.625. The fourth-order valence-electron chi connectivity index (χ4n) is 2.19. The zero-order valence-corrected chi connectivity index (χ0v) is 12.9. The third-order valence-electron chi connectivity index (χ3n) is 3.49. The van der Waals surface area contributed by atoms with Gasteiger partial charge in [0, 0.05) is 19.8 Å². The van der Waals surface area contributed by atoms with E-state index in [-0.39, 0.29) is 0 Å². The van der Waals surface area contributed by atoms with Crippen LogP contribution in [0.5, 0.6) is 11.5 Å². The summed E-state index contributed by atoms with van der Waals surface area (Å²) in [6, 6.07) is 6.40. The van der Waals surface area contributed by atoms with Crippen LogP contribution in [-0.2, 0) is 9.47 Å². The first-order chi connectivity index (χ1) is 10.3. The average Bonchev–Trinajstić information content (AvgIpc) is 2.97. The van der Waals surface area contributed by atoms with Gasteiger partial charge in [-0.3, -0.25) is 0 Å². The number of hydrogen-bond donors (Lipinski definition) is 1. The lowest BCUT2D eigenvalue weighted by molar-refractivity contribution is 0.0687. The van der Waals surface area contributed by atoms with E-state index >= 15 is 0 Å². The molecule has 0 spiro atoms. The molecule has 0 aliphatic carbocycles. The summed E-state index contributed by atoms with van der Waals surface area (Å²) in [7, 11) is 1.69. The van der Waals surface area contributed by atoms with E-state index in [4.69, 9.17) is 18.9 Å². The second-order valence-corrected chi connectivity index (χ2v) is 5.10. The van der Waals surface area contributed by atoms with Crippen LogP contribution in [0.4, 0.5) is 0 Å². The molecule has 5 heteroatoms. The Hall–Kier alpha value is -1.30. The molecule has 1 unspecified atom stereocenters. The lowest BCUT2D eigenvalue weighted by Crippen LogP contribution is -2.20. The minimum absolute atomic E-state index is 0.300. The SMILES string of the molecule is COCCOCCCCNC(C)c1ccc2c(c1)OCO2. The Kier molecular flexibility index (Phi) is 6.79. The Labute approximate surface area is 126 Å². The van der Waals surface area contributed by atoms with Crippen molar-refractivity contribution in [2.75, 3.05) is 40.3 Å². The largest absolute Gasteiger partial charge is 0.454 e. The molecule has 0 bridgehead atoms. The van der Waals surface area contributed by atoms with Gasteiger partial charge in [0.15, 0.2) is 11.5 Å². The van der Waals surface area contributed by atoms with E-state index in [9.17, 15) is 0 Å². The summed E-state index contributed by atoms with van der Waals surface area (Å²) in [5.41, 5.74) is 1.22. The van der Waals surface area contributed by atoms with Gasteiger partial charge in [-0.25, -0.2) is 0 Å². The van der Waals surface area contributed by atoms with Crippen molar-refractivity contribution in [1.82, 2.24) is 5.32 Å². The fourth-order valence-corrected chi connectivity index (χ4v) is 2.19. The Bertz CT molecular complexity index is 425. The molecule has 0 aromatic heterocycles. The lowest BCUT2D eigenvalue weighted by atomic mass is 10.1. The van der Waals surface area contributed by atoms with E-state index in [1.165, 1.54) is 5.56 Å². The molecule has 5 nitrogen and oxygen atoms in total. The number of methoxy groups -OCH3 is 1. The molecule has 1 heterocycles. The van der Waals surface area contributed by atoms with E-state index in [0.717, 1.165) is 37.5 Å². The van der Waals surface area contributed by atoms with Gasteiger partial charge >= 0.3 is 0 Å². The third-order valence-corrected chi connectivity index (χ3v) is 3.49. The van der Waals surface area contributed by atoms with Gasteiger partial charge in [0.05, 0.1) is 13.2 Å². The average molecular weight is 295 g/mol. The molecule has 0 radical (unpaired) electrons. The van der Waals surface area contributed by atoms with Gasteiger partial charge in [0.2, 0.25) is 6.79 Å².